The smallest absolute Gasteiger partial charge is 0.345 e. The summed E-state index contributed by atoms with van der Waals surface area (Å²) in [5.74, 6) is -2.17. The van der Waals surface area contributed by atoms with E-state index >= 15 is 0 Å². The van der Waals surface area contributed by atoms with Crippen molar-refractivity contribution in [2.75, 3.05) is 13.1 Å². The molecule has 0 saturated heterocycles. The molecule has 2 aromatic heterocycles. The van der Waals surface area contributed by atoms with Gasteiger partial charge in [-0.15, -0.1) is 0 Å². The van der Waals surface area contributed by atoms with Gasteiger partial charge >= 0.3 is 23.9 Å². The molecule has 4 aromatic carbocycles. The van der Waals surface area contributed by atoms with Crippen LogP contribution in [0.15, 0.2) is 97.3 Å². The van der Waals surface area contributed by atoms with E-state index in [2.05, 4.69) is 19.4 Å². The van der Waals surface area contributed by atoms with Crippen LogP contribution in [-0.2, 0) is 31.9 Å². The van der Waals surface area contributed by atoms with Gasteiger partial charge in [0, 0.05) is 48.0 Å². The van der Waals surface area contributed by atoms with Crippen LogP contribution in [0.2, 0.25) is 0 Å². The van der Waals surface area contributed by atoms with Crippen LogP contribution in [0.3, 0.4) is 0 Å². The van der Waals surface area contributed by atoms with Gasteiger partial charge in [-0.3, -0.25) is 9.59 Å². The molecular formula is C38H38N4O8. The second-order valence-corrected chi connectivity index (χ2v) is 11.1. The molecule has 6 aromatic rings. The van der Waals surface area contributed by atoms with E-state index in [-0.39, 0.29) is 11.1 Å². The first kappa shape index (κ1) is 36.6. The molecule has 0 amide bonds. The monoisotopic (exact) mass is 678 g/mol. The van der Waals surface area contributed by atoms with E-state index < -0.39 is 23.9 Å². The van der Waals surface area contributed by atoms with Crippen molar-refractivity contribution in [1.82, 2.24) is 9.97 Å². The Balaban J connectivity index is 0.000000182. The third-order valence-corrected chi connectivity index (χ3v) is 7.38. The van der Waals surface area contributed by atoms with Crippen LogP contribution in [-0.4, -0.2) is 57.1 Å². The second-order valence-electron chi connectivity index (χ2n) is 11.1. The molecule has 8 N–H and O–H groups in total. The van der Waals surface area contributed by atoms with Crippen LogP contribution in [0.1, 0.15) is 45.7 Å². The Bertz CT molecular complexity index is 1950. The van der Waals surface area contributed by atoms with Crippen molar-refractivity contribution >= 4 is 45.7 Å². The van der Waals surface area contributed by atoms with Gasteiger partial charge in [-0.05, 0) is 109 Å². The number of phenolic OH excluding ortho intramolecular Hbond substituents is 2. The molecule has 0 aliphatic carbocycles. The van der Waals surface area contributed by atoms with E-state index in [0.717, 1.165) is 70.7 Å². The Kier molecular flexibility index (Phi) is 12.6. The molecule has 0 atom stereocenters. The number of benzene rings is 4. The molecule has 0 saturated carbocycles. The van der Waals surface area contributed by atoms with E-state index in [1.54, 1.807) is 72.8 Å². The molecule has 258 valence electrons. The van der Waals surface area contributed by atoms with Crippen molar-refractivity contribution in [3.8, 4) is 22.6 Å². The Morgan fingerprint density at radius 3 is 1.26 bits per heavy atom. The molecule has 0 aliphatic rings. The number of aromatic hydroxyl groups is 2. The highest BCUT2D eigenvalue weighted by Gasteiger charge is 2.12. The van der Waals surface area contributed by atoms with Gasteiger partial charge in [0.05, 0.1) is 11.1 Å². The number of fused-ring (bicyclic) bond motifs is 2. The molecule has 6 rings (SSSR count). The van der Waals surface area contributed by atoms with Crippen molar-refractivity contribution in [2.24, 2.45) is 11.5 Å². The fourth-order valence-corrected chi connectivity index (χ4v) is 5.03. The zero-order valence-corrected chi connectivity index (χ0v) is 27.6. The molecule has 12 heteroatoms. The number of aromatic amines is 2. The van der Waals surface area contributed by atoms with Crippen LogP contribution in [0.25, 0.3) is 32.9 Å². The number of nitrogens with one attached hydrogen (secondary N) is 2. The van der Waals surface area contributed by atoms with Crippen molar-refractivity contribution < 1.29 is 38.9 Å². The first-order valence-electron chi connectivity index (χ1n) is 15.6. The van der Waals surface area contributed by atoms with E-state index in [1.807, 2.05) is 24.5 Å². The number of hydrogen-bond donors (Lipinski definition) is 6. The van der Waals surface area contributed by atoms with Gasteiger partial charge in [0.25, 0.3) is 0 Å². The SMILES string of the molecule is CC(=O)OC(=O)c1ccc(-c2ccc(C(=O)OC(C)=O)cc2)cc1.NCCc1c[nH]c2ccc(O)cc12.NCCc1c[nH]c2ccc(O)cc12. The number of esters is 4. The quantitative estimate of drug-likeness (QED) is 0.0921. The standard InChI is InChI=1S/C18H14O6.2C10H12N2O/c1-11(19)23-17(21)15-7-3-13(4-8-15)14-5-9-16(10-6-14)18(22)24-12(2)20;2*11-4-3-7-6-12-10-2-1-8(13)5-9(7)10/h3-10H,1-2H3;2*1-2,5-6,12-13H,3-4,11H2. The van der Waals surface area contributed by atoms with Gasteiger partial charge in [0.2, 0.25) is 0 Å². The van der Waals surface area contributed by atoms with E-state index in [0.29, 0.717) is 24.6 Å². The lowest BCUT2D eigenvalue weighted by molar-refractivity contribution is -0.136. The van der Waals surface area contributed by atoms with Crippen LogP contribution in [0.4, 0.5) is 0 Å². The fourth-order valence-electron chi connectivity index (χ4n) is 5.03. The lowest BCUT2D eigenvalue weighted by Crippen LogP contribution is -2.09. The zero-order valence-electron chi connectivity index (χ0n) is 27.6. The Labute approximate surface area is 287 Å². The highest BCUT2D eigenvalue weighted by molar-refractivity contribution is 5.97. The summed E-state index contributed by atoms with van der Waals surface area (Å²) in [4.78, 5) is 51.0. The summed E-state index contributed by atoms with van der Waals surface area (Å²) in [6.45, 7) is 3.57. The molecule has 2 heterocycles. The fraction of sp³-hybridized carbons (Fsp3) is 0.158. The minimum absolute atomic E-state index is 0.260. The zero-order chi connectivity index (χ0) is 36.2. The first-order valence-corrected chi connectivity index (χ1v) is 15.6. The first-order chi connectivity index (χ1) is 24.0. The Morgan fingerprint density at radius 1 is 0.580 bits per heavy atom. The summed E-state index contributed by atoms with van der Waals surface area (Å²) in [5, 5.41) is 20.7. The maximum Gasteiger partial charge on any atom is 0.345 e. The molecule has 0 spiro atoms. The molecule has 0 unspecified atom stereocenters. The molecule has 50 heavy (non-hydrogen) atoms. The topological polar surface area (TPSA) is 211 Å². The molecule has 0 radical (unpaired) electrons. The van der Waals surface area contributed by atoms with Crippen molar-refractivity contribution in [3.63, 3.8) is 0 Å². The van der Waals surface area contributed by atoms with Gasteiger partial charge in [0.15, 0.2) is 0 Å². The predicted octanol–water partition coefficient (Wildman–Crippen LogP) is 5.51. The van der Waals surface area contributed by atoms with Gasteiger partial charge < -0.3 is 41.1 Å². The highest BCUT2D eigenvalue weighted by Crippen LogP contribution is 2.24. The second kappa shape index (κ2) is 17.2. The molecule has 0 fully saturated rings. The lowest BCUT2D eigenvalue weighted by Gasteiger charge is -2.05. The molecular weight excluding hydrogens is 640 g/mol. The number of rotatable bonds is 7. The number of nitrogens with two attached hydrogens (primary N) is 2. The van der Waals surface area contributed by atoms with Crippen molar-refractivity contribution in [2.45, 2.75) is 26.7 Å². The van der Waals surface area contributed by atoms with Gasteiger partial charge in [0.1, 0.15) is 11.5 Å². The number of ether oxygens (including phenoxy) is 2. The molecule has 0 aliphatic heterocycles. The molecule has 0 bridgehead atoms. The molecule has 12 nitrogen and oxygen atoms in total. The number of carbonyl (C=O) groups is 4. The number of carbonyl (C=O) groups excluding carboxylic acids is 4. The summed E-state index contributed by atoms with van der Waals surface area (Å²) < 4.78 is 9.00. The minimum atomic E-state index is -0.712. The van der Waals surface area contributed by atoms with Crippen LogP contribution in [0.5, 0.6) is 11.5 Å². The van der Waals surface area contributed by atoms with Crippen molar-refractivity contribution in [1.29, 1.82) is 0 Å². The minimum Gasteiger partial charge on any atom is -0.508 e. The number of H-pyrrole nitrogens is 2. The number of hydrogen-bond acceptors (Lipinski definition) is 10. The van der Waals surface area contributed by atoms with E-state index in [4.69, 9.17) is 11.5 Å². The highest BCUT2D eigenvalue weighted by atomic mass is 16.6. The third-order valence-electron chi connectivity index (χ3n) is 7.38. The van der Waals surface area contributed by atoms with Gasteiger partial charge in [-0.25, -0.2) is 9.59 Å². The van der Waals surface area contributed by atoms with E-state index in [1.165, 1.54) is 0 Å². The maximum absolute atomic E-state index is 11.6. The summed E-state index contributed by atoms with van der Waals surface area (Å²) in [6.07, 6.45) is 5.56. The predicted molar refractivity (Wildman–Crippen MR) is 190 cm³/mol. The number of phenols is 2. The van der Waals surface area contributed by atoms with Crippen LogP contribution < -0.4 is 11.5 Å². The average molecular weight is 679 g/mol. The van der Waals surface area contributed by atoms with E-state index in [9.17, 15) is 29.4 Å². The van der Waals surface area contributed by atoms with Gasteiger partial charge in [-0.2, -0.15) is 0 Å². The average Bonchev–Trinajstić information content (AvgIpc) is 3.68. The van der Waals surface area contributed by atoms with Crippen LogP contribution in [0, 0.1) is 0 Å². The van der Waals surface area contributed by atoms with Gasteiger partial charge in [-0.1, -0.05) is 24.3 Å². The largest absolute Gasteiger partial charge is 0.508 e. The Morgan fingerprint density at radius 2 is 0.940 bits per heavy atom. The lowest BCUT2D eigenvalue weighted by atomic mass is 10.0. The summed E-state index contributed by atoms with van der Waals surface area (Å²) in [7, 11) is 0. The van der Waals surface area contributed by atoms with Crippen LogP contribution >= 0.6 is 0 Å². The summed E-state index contributed by atoms with van der Waals surface area (Å²) in [5.41, 5.74) is 17.5. The van der Waals surface area contributed by atoms with Crippen molar-refractivity contribution in [3.05, 3.63) is 120 Å². The Hall–Kier alpha value is -6.24. The summed E-state index contributed by atoms with van der Waals surface area (Å²) in [6, 6.07) is 23.5. The normalized spacial score (nSPS) is 10.4. The number of aromatic nitrogens is 2. The third kappa shape index (κ3) is 9.89. The summed E-state index contributed by atoms with van der Waals surface area (Å²) >= 11 is 0. The maximum atomic E-state index is 11.6.